The number of nitrogens with two attached hydrogens (primary N) is 1. The van der Waals surface area contributed by atoms with E-state index >= 15 is 0 Å². The van der Waals surface area contributed by atoms with Crippen LogP contribution < -0.4 is 16.0 Å². The highest BCUT2D eigenvalue weighted by Gasteiger charge is 2.36. The second kappa shape index (κ2) is 11.4. The Morgan fingerprint density at radius 3 is 2.25 bits per heavy atom. The largest absolute Gasteiger partial charge is 0.397 e. The number of nitrogens with one attached hydrogen (secondary N) is 1. The van der Waals surface area contributed by atoms with Crippen molar-refractivity contribution in [1.82, 2.24) is 9.97 Å². The van der Waals surface area contributed by atoms with Crippen LogP contribution in [0.3, 0.4) is 0 Å². The van der Waals surface area contributed by atoms with Crippen LogP contribution in [0.5, 0.6) is 0 Å². The first kappa shape index (κ1) is 31.3. The second-order valence-electron chi connectivity index (χ2n) is 10.0. The van der Waals surface area contributed by atoms with Crippen molar-refractivity contribution in [2.75, 3.05) is 29.3 Å². The molecule has 1 aromatic heterocycles. The number of ketones is 2. The number of hydrogen-bond acceptors (Lipinski definition) is 10. The van der Waals surface area contributed by atoms with Crippen molar-refractivity contribution in [3.63, 3.8) is 0 Å². The number of anilines is 4. The molecular weight excluding hydrogens is 636 g/mol. The standard InChI is InChI=1S/C29H24ClF2N5O5S2/c1-12-14(11-37(3)28-22(30)27(31)35-29(32)36-28)9-18(43-4)13(2)24(12)34-17-10-19(44(40,41)42)23(33)21-20(17)25(38)15-7-5-6-8-16(15)26(21)39/h5-10,34H,11,33H2,1-4H3,(H,40,41,42). The van der Waals surface area contributed by atoms with Crippen molar-refractivity contribution < 1.29 is 31.3 Å². The quantitative estimate of drug-likeness (QED) is 0.0645. The van der Waals surface area contributed by atoms with Gasteiger partial charge >= 0.3 is 6.08 Å². The highest BCUT2D eigenvalue weighted by molar-refractivity contribution is 7.98. The number of carbonyl (C=O) groups is 2. The number of thioether (sulfide) groups is 1. The van der Waals surface area contributed by atoms with Crippen molar-refractivity contribution in [2.45, 2.75) is 30.2 Å². The molecule has 10 nitrogen and oxygen atoms in total. The average molecular weight is 660 g/mol. The van der Waals surface area contributed by atoms with Gasteiger partial charge in [-0.2, -0.15) is 27.2 Å². The number of halogens is 3. The van der Waals surface area contributed by atoms with Crippen molar-refractivity contribution in [3.8, 4) is 0 Å². The van der Waals surface area contributed by atoms with Gasteiger partial charge in [-0.25, -0.2) is 0 Å². The minimum Gasteiger partial charge on any atom is -0.397 e. The third-order valence-corrected chi connectivity index (χ3v) is 9.48. The lowest BCUT2D eigenvalue weighted by Crippen LogP contribution is -2.25. The Kier molecular flexibility index (Phi) is 8.14. The summed E-state index contributed by atoms with van der Waals surface area (Å²) in [5.74, 6) is -2.62. The lowest BCUT2D eigenvalue weighted by atomic mass is 9.82. The van der Waals surface area contributed by atoms with Gasteiger partial charge in [-0.05, 0) is 48.9 Å². The molecule has 0 saturated heterocycles. The monoisotopic (exact) mass is 659 g/mol. The Labute approximate surface area is 260 Å². The van der Waals surface area contributed by atoms with Gasteiger partial charge in [0.15, 0.2) is 17.4 Å². The van der Waals surface area contributed by atoms with Gasteiger partial charge in [0.1, 0.15) is 9.92 Å². The number of rotatable bonds is 7. The predicted molar refractivity (Wildman–Crippen MR) is 164 cm³/mol. The molecule has 228 valence electrons. The van der Waals surface area contributed by atoms with Crippen molar-refractivity contribution in [1.29, 1.82) is 0 Å². The van der Waals surface area contributed by atoms with E-state index in [2.05, 4.69) is 15.3 Å². The first-order valence-corrected chi connectivity index (χ1v) is 15.9. The van der Waals surface area contributed by atoms with Gasteiger partial charge in [-0.1, -0.05) is 35.9 Å². The van der Waals surface area contributed by atoms with E-state index in [4.69, 9.17) is 17.3 Å². The smallest absolute Gasteiger partial charge is 0.313 e. The molecule has 15 heteroatoms. The summed E-state index contributed by atoms with van der Waals surface area (Å²) in [5.41, 5.74) is 7.62. The zero-order valence-corrected chi connectivity index (χ0v) is 26.0. The molecule has 0 unspecified atom stereocenters. The van der Waals surface area contributed by atoms with Crippen molar-refractivity contribution in [2.24, 2.45) is 0 Å². The van der Waals surface area contributed by atoms with Crippen LogP contribution in [0.4, 0.5) is 31.7 Å². The van der Waals surface area contributed by atoms with Crippen molar-refractivity contribution in [3.05, 3.63) is 92.4 Å². The molecular formula is C29H24ClF2N5O5S2. The molecule has 0 spiro atoms. The van der Waals surface area contributed by atoms with Gasteiger partial charge in [0, 0.05) is 35.3 Å². The zero-order chi connectivity index (χ0) is 32.2. The number of carbonyl (C=O) groups excluding carboxylic acids is 2. The molecule has 1 aliphatic rings. The molecule has 0 fully saturated rings. The summed E-state index contributed by atoms with van der Waals surface area (Å²) in [6.07, 6.45) is 0.548. The highest BCUT2D eigenvalue weighted by atomic mass is 35.5. The summed E-state index contributed by atoms with van der Waals surface area (Å²) in [7, 11) is -3.39. The third-order valence-electron chi connectivity index (χ3n) is 7.40. The molecule has 4 aromatic rings. The second-order valence-corrected chi connectivity index (χ2v) is 12.6. The summed E-state index contributed by atoms with van der Waals surface area (Å²) < 4.78 is 62.6. The first-order chi connectivity index (χ1) is 20.6. The SMILES string of the molecule is CSc1cc(CN(C)c2nc(F)nc(F)c2Cl)c(C)c(Nc2cc(S(=O)(=O)O)c(N)c3c2C(=O)c2ccccc2C3=O)c1C. The Morgan fingerprint density at radius 2 is 1.66 bits per heavy atom. The van der Waals surface area contributed by atoms with Crippen LogP contribution in [0.2, 0.25) is 5.02 Å². The number of nitrogen functional groups attached to an aromatic ring is 1. The fraction of sp³-hybridized carbons (Fsp3) is 0.172. The Bertz CT molecular complexity index is 2020. The number of nitrogens with zero attached hydrogens (tertiary/aromatic N) is 3. The molecule has 0 bridgehead atoms. The van der Waals surface area contributed by atoms with Gasteiger partial charge < -0.3 is 16.0 Å². The van der Waals surface area contributed by atoms with Crippen LogP contribution in [0.25, 0.3) is 0 Å². The van der Waals surface area contributed by atoms with Crippen molar-refractivity contribution >= 4 is 67.9 Å². The van der Waals surface area contributed by atoms with Crippen LogP contribution in [0, 0.1) is 25.9 Å². The maximum atomic E-state index is 14.0. The van der Waals surface area contributed by atoms with Crippen LogP contribution >= 0.6 is 23.4 Å². The van der Waals surface area contributed by atoms with Gasteiger partial charge in [-0.3, -0.25) is 14.1 Å². The van der Waals surface area contributed by atoms with E-state index in [1.807, 2.05) is 12.3 Å². The van der Waals surface area contributed by atoms with Crippen LogP contribution in [-0.2, 0) is 16.7 Å². The normalized spacial score (nSPS) is 12.6. The topological polar surface area (TPSA) is 156 Å². The Hall–Kier alpha value is -4.11. The maximum Gasteiger partial charge on any atom is 0.313 e. The molecule has 1 heterocycles. The fourth-order valence-corrected chi connectivity index (χ4v) is 6.75. The molecule has 0 amide bonds. The lowest BCUT2D eigenvalue weighted by molar-refractivity contribution is 0.0980. The molecule has 0 atom stereocenters. The molecule has 0 saturated carbocycles. The minimum absolute atomic E-state index is 0.0495. The number of hydrogen-bond donors (Lipinski definition) is 3. The molecule has 0 aliphatic heterocycles. The van der Waals surface area contributed by atoms with Gasteiger partial charge in [0.05, 0.1) is 22.5 Å². The molecule has 3 aromatic carbocycles. The maximum absolute atomic E-state index is 14.0. The number of benzene rings is 3. The van der Waals surface area contributed by atoms with Crippen LogP contribution in [0.1, 0.15) is 48.5 Å². The summed E-state index contributed by atoms with van der Waals surface area (Å²) >= 11 is 7.41. The van der Waals surface area contributed by atoms with E-state index in [9.17, 15) is 31.3 Å². The molecule has 4 N–H and O–H groups in total. The minimum atomic E-state index is -4.92. The summed E-state index contributed by atoms with van der Waals surface area (Å²) in [4.78, 5) is 35.4. The number of aromatic nitrogens is 2. The van der Waals surface area contributed by atoms with E-state index in [1.165, 1.54) is 35.8 Å². The fourth-order valence-electron chi connectivity index (χ4n) is 5.21. The van der Waals surface area contributed by atoms with Gasteiger partial charge in [-0.15, -0.1) is 11.8 Å². The first-order valence-electron chi connectivity index (χ1n) is 12.8. The molecule has 44 heavy (non-hydrogen) atoms. The third kappa shape index (κ3) is 5.27. The van der Waals surface area contributed by atoms with Crippen LogP contribution in [-0.4, -0.2) is 47.8 Å². The van der Waals surface area contributed by atoms with Gasteiger partial charge in [0.2, 0.25) is 5.95 Å². The predicted octanol–water partition coefficient (Wildman–Crippen LogP) is 5.73. The summed E-state index contributed by atoms with van der Waals surface area (Å²) in [6, 6.07) is 8.97. The molecule has 1 aliphatic carbocycles. The Balaban J connectivity index is 1.69. The van der Waals surface area contributed by atoms with E-state index in [0.717, 1.165) is 11.0 Å². The average Bonchev–Trinajstić information content (AvgIpc) is 2.96. The number of fused-ring (bicyclic) bond motifs is 2. The molecule has 0 radical (unpaired) electrons. The molecule has 5 rings (SSSR count). The van der Waals surface area contributed by atoms with E-state index in [1.54, 1.807) is 26.0 Å². The Morgan fingerprint density at radius 1 is 1.05 bits per heavy atom. The highest BCUT2D eigenvalue weighted by Crippen LogP contribution is 2.42. The van der Waals surface area contributed by atoms with E-state index in [-0.39, 0.29) is 40.3 Å². The van der Waals surface area contributed by atoms with Gasteiger partial charge in [0.25, 0.3) is 10.1 Å². The summed E-state index contributed by atoms with van der Waals surface area (Å²) in [6.45, 7) is 3.63. The lowest BCUT2D eigenvalue weighted by Gasteiger charge is -2.26. The summed E-state index contributed by atoms with van der Waals surface area (Å²) in [5, 5.41) is 2.68. The van der Waals surface area contributed by atoms with E-state index < -0.39 is 49.3 Å². The van der Waals surface area contributed by atoms with Crippen LogP contribution in [0.15, 0.2) is 46.2 Å². The van der Waals surface area contributed by atoms with E-state index in [0.29, 0.717) is 22.4 Å². The zero-order valence-electron chi connectivity index (χ0n) is 23.6.